The zero-order chi connectivity index (χ0) is 11.6. The van der Waals surface area contributed by atoms with Crippen molar-refractivity contribution in [2.75, 3.05) is 11.5 Å². The van der Waals surface area contributed by atoms with Gasteiger partial charge in [0.25, 0.3) is 5.82 Å². The Kier molecular flexibility index (Phi) is 2.83. The van der Waals surface area contributed by atoms with Crippen molar-refractivity contribution in [1.82, 2.24) is 14.8 Å². The third-order valence-corrected chi connectivity index (χ3v) is 3.91. The van der Waals surface area contributed by atoms with Crippen molar-refractivity contribution in [3.63, 3.8) is 0 Å². The van der Waals surface area contributed by atoms with Gasteiger partial charge in [-0.1, -0.05) is 0 Å². The monoisotopic (exact) mass is 238 g/mol. The third kappa shape index (κ3) is 1.65. The Morgan fingerprint density at radius 3 is 3.06 bits per heavy atom. The summed E-state index contributed by atoms with van der Waals surface area (Å²) in [4.78, 5) is 15.1. The molecular weight excluding hydrogens is 228 g/mol. The van der Waals surface area contributed by atoms with Crippen LogP contribution in [0.15, 0.2) is 6.33 Å². The smallest absolute Gasteiger partial charge is 0.332 e. The fourth-order valence-electron chi connectivity index (χ4n) is 1.75. The van der Waals surface area contributed by atoms with Crippen molar-refractivity contribution in [1.29, 1.82) is 5.26 Å². The number of carbonyl (C=O) groups is 1. The molecule has 0 aliphatic carbocycles. The highest BCUT2D eigenvalue weighted by Crippen LogP contribution is 2.32. The average molecular weight is 238 g/mol. The van der Waals surface area contributed by atoms with Crippen LogP contribution in [-0.2, 0) is 10.3 Å². The Hall–Kier alpha value is -1.55. The van der Waals surface area contributed by atoms with Crippen LogP contribution in [0.2, 0.25) is 0 Å². The summed E-state index contributed by atoms with van der Waals surface area (Å²) in [5, 5.41) is 21.9. The summed E-state index contributed by atoms with van der Waals surface area (Å²) in [5.74, 6) is 0.538. The van der Waals surface area contributed by atoms with Crippen LogP contribution in [0.4, 0.5) is 0 Å². The van der Waals surface area contributed by atoms with Crippen molar-refractivity contribution in [2.24, 2.45) is 0 Å². The largest absolute Gasteiger partial charge is 0.479 e. The topological polar surface area (TPSA) is 91.8 Å². The first kappa shape index (κ1) is 11.0. The molecule has 2 heterocycles. The first-order valence-electron chi connectivity index (χ1n) is 4.82. The molecule has 0 radical (unpaired) electrons. The lowest BCUT2D eigenvalue weighted by Gasteiger charge is -2.32. The van der Waals surface area contributed by atoms with E-state index in [1.807, 2.05) is 0 Å². The minimum absolute atomic E-state index is 0.0104. The van der Waals surface area contributed by atoms with Crippen molar-refractivity contribution in [3.8, 4) is 6.07 Å². The van der Waals surface area contributed by atoms with Crippen LogP contribution in [-0.4, -0.2) is 37.3 Å². The van der Waals surface area contributed by atoms with E-state index in [0.717, 1.165) is 12.2 Å². The molecule has 2 rings (SSSR count). The number of hydrogen-bond acceptors (Lipinski definition) is 5. The predicted octanol–water partition coefficient (Wildman–Crippen LogP) is 0.457. The lowest BCUT2D eigenvalue weighted by atomic mass is 9.96. The van der Waals surface area contributed by atoms with Crippen molar-refractivity contribution < 1.29 is 9.90 Å². The van der Waals surface area contributed by atoms with E-state index in [0.29, 0.717) is 12.2 Å². The summed E-state index contributed by atoms with van der Waals surface area (Å²) in [6.45, 7) is 0. The lowest BCUT2D eigenvalue weighted by Crippen LogP contribution is -2.46. The molecule has 0 aromatic carbocycles. The van der Waals surface area contributed by atoms with E-state index in [-0.39, 0.29) is 5.82 Å². The molecule has 84 valence electrons. The predicted molar refractivity (Wildman–Crippen MR) is 56.9 cm³/mol. The van der Waals surface area contributed by atoms with Crippen LogP contribution in [0.3, 0.4) is 0 Å². The number of nitrogens with zero attached hydrogens (tertiary/aromatic N) is 4. The molecule has 1 fully saturated rings. The summed E-state index contributed by atoms with van der Waals surface area (Å²) >= 11 is 1.59. The van der Waals surface area contributed by atoms with Gasteiger partial charge in [0.2, 0.25) is 0 Å². The first-order valence-corrected chi connectivity index (χ1v) is 5.98. The van der Waals surface area contributed by atoms with Gasteiger partial charge >= 0.3 is 5.97 Å². The molecule has 1 unspecified atom stereocenters. The number of nitriles is 1. The highest BCUT2D eigenvalue weighted by molar-refractivity contribution is 7.99. The molecule has 1 atom stereocenters. The molecule has 0 amide bonds. The van der Waals surface area contributed by atoms with Crippen LogP contribution >= 0.6 is 11.8 Å². The Balaban J connectivity index is 2.39. The zero-order valence-electron chi connectivity index (χ0n) is 8.46. The van der Waals surface area contributed by atoms with Crippen molar-refractivity contribution in [3.05, 3.63) is 12.2 Å². The normalized spacial score (nSPS) is 24.9. The summed E-state index contributed by atoms with van der Waals surface area (Å²) in [6.07, 6.45) is 2.70. The number of carboxylic acids is 1. The molecule has 7 heteroatoms. The molecule has 0 bridgehead atoms. The Morgan fingerprint density at radius 2 is 2.56 bits per heavy atom. The molecule has 16 heavy (non-hydrogen) atoms. The van der Waals surface area contributed by atoms with Crippen LogP contribution < -0.4 is 0 Å². The van der Waals surface area contributed by atoms with Gasteiger partial charge in [-0.05, 0) is 18.6 Å². The highest BCUT2D eigenvalue weighted by atomic mass is 32.2. The van der Waals surface area contributed by atoms with Crippen LogP contribution in [0, 0.1) is 11.3 Å². The summed E-state index contributed by atoms with van der Waals surface area (Å²) in [7, 11) is 0. The zero-order valence-corrected chi connectivity index (χ0v) is 9.27. The summed E-state index contributed by atoms with van der Waals surface area (Å²) < 4.78 is 1.32. The van der Waals surface area contributed by atoms with E-state index in [1.165, 1.54) is 11.0 Å². The number of thioether (sulfide) groups is 1. The number of hydrogen-bond donors (Lipinski definition) is 1. The van der Waals surface area contributed by atoms with Crippen LogP contribution in [0.5, 0.6) is 0 Å². The van der Waals surface area contributed by atoms with Gasteiger partial charge in [-0.2, -0.15) is 17.0 Å². The SMILES string of the molecule is N#Cc1ncn(C2(C(=O)O)CCCSC2)n1. The van der Waals surface area contributed by atoms with Gasteiger partial charge in [0.15, 0.2) is 5.54 Å². The van der Waals surface area contributed by atoms with E-state index in [4.69, 9.17) is 5.26 Å². The molecule has 1 saturated heterocycles. The molecule has 1 aliphatic heterocycles. The van der Waals surface area contributed by atoms with Crippen LogP contribution in [0.1, 0.15) is 18.7 Å². The molecular formula is C9H10N4O2S. The number of aromatic nitrogens is 3. The van der Waals surface area contributed by atoms with Crippen molar-refractivity contribution >= 4 is 17.7 Å². The third-order valence-electron chi connectivity index (χ3n) is 2.65. The Bertz CT molecular complexity index is 445. The maximum absolute atomic E-state index is 11.4. The number of carboxylic acid groups (broad SMARTS) is 1. The minimum atomic E-state index is -1.04. The summed E-state index contributed by atoms with van der Waals surface area (Å²) in [5.41, 5.74) is -1.04. The van der Waals surface area contributed by atoms with E-state index in [9.17, 15) is 9.90 Å². The molecule has 1 aromatic rings. The molecule has 0 spiro atoms. The second-order valence-corrected chi connectivity index (χ2v) is 4.72. The van der Waals surface area contributed by atoms with E-state index >= 15 is 0 Å². The lowest BCUT2D eigenvalue weighted by molar-refractivity contribution is -0.147. The van der Waals surface area contributed by atoms with Gasteiger partial charge in [-0.3, -0.25) is 0 Å². The van der Waals surface area contributed by atoms with Gasteiger partial charge in [0.05, 0.1) is 0 Å². The molecule has 1 aromatic heterocycles. The first-order chi connectivity index (χ1) is 7.69. The average Bonchev–Trinajstić information content (AvgIpc) is 2.78. The van der Waals surface area contributed by atoms with Gasteiger partial charge in [-0.15, -0.1) is 5.10 Å². The van der Waals surface area contributed by atoms with Gasteiger partial charge < -0.3 is 5.11 Å². The Morgan fingerprint density at radius 1 is 1.75 bits per heavy atom. The van der Waals surface area contributed by atoms with Gasteiger partial charge in [0, 0.05) is 5.75 Å². The van der Waals surface area contributed by atoms with Crippen molar-refractivity contribution in [2.45, 2.75) is 18.4 Å². The van der Waals surface area contributed by atoms with Gasteiger partial charge in [0.1, 0.15) is 12.4 Å². The molecule has 1 aliphatic rings. The maximum atomic E-state index is 11.4. The fourth-order valence-corrected chi connectivity index (χ4v) is 2.98. The standard InChI is InChI=1S/C9H10N4O2S/c10-4-7-11-6-13(12-7)9(8(14)15)2-1-3-16-5-9/h6H,1-3,5H2,(H,14,15). The minimum Gasteiger partial charge on any atom is -0.479 e. The molecule has 0 saturated carbocycles. The van der Waals surface area contributed by atoms with E-state index in [1.54, 1.807) is 17.8 Å². The van der Waals surface area contributed by atoms with E-state index in [2.05, 4.69) is 10.1 Å². The quantitative estimate of drug-likeness (QED) is 0.804. The van der Waals surface area contributed by atoms with Crippen LogP contribution in [0.25, 0.3) is 0 Å². The summed E-state index contributed by atoms with van der Waals surface area (Å²) in [6, 6.07) is 1.80. The van der Waals surface area contributed by atoms with E-state index < -0.39 is 11.5 Å². The Labute approximate surface area is 96.3 Å². The van der Waals surface area contributed by atoms with Gasteiger partial charge in [-0.25, -0.2) is 14.5 Å². The highest BCUT2D eigenvalue weighted by Gasteiger charge is 2.43. The second-order valence-electron chi connectivity index (χ2n) is 3.62. The fraction of sp³-hybridized carbons (Fsp3) is 0.556. The molecule has 1 N–H and O–H groups in total. The second kappa shape index (κ2) is 4.14. The molecule has 6 nitrogen and oxygen atoms in total. The number of aliphatic carboxylic acids is 1. The maximum Gasteiger partial charge on any atom is 0.332 e. The number of rotatable bonds is 2.